The van der Waals surface area contributed by atoms with Crippen molar-refractivity contribution >= 4 is 39.3 Å². The van der Waals surface area contributed by atoms with E-state index >= 15 is 0 Å². The number of sulfonamides is 1. The number of thioether (sulfide) groups is 1. The second-order valence-corrected chi connectivity index (χ2v) is 11.2. The molecule has 10 heteroatoms. The summed E-state index contributed by atoms with van der Waals surface area (Å²) in [5.74, 6) is -0.116. The van der Waals surface area contributed by atoms with Gasteiger partial charge in [0.05, 0.1) is 29.5 Å². The molecule has 3 aliphatic rings. The van der Waals surface area contributed by atoms with Crippen LogP contribution in [0.25, 0.3) is 0 Å². The van der Waals surface area contributed by atoms with Crippen LogP contribution >= 0.6 is 11.8 Å². The molecule has 0 spiro atoms. The van der Waals surface area contributed by atoms with E-state index in [-0.39, 0.29) is 29.0 Å². The Balaban J connectivity index is 1.39. The number of rotatable bonds is 4. The number of ether oxygens (including phenoxy) is 1. The van der Waals surface area contributed by atoms with E-state index in [1.807, 2.05) is 18.2 Å². The minimum Gasteiger partial charge on any atom is -0.379 e. The van der Waals surface area contributed by atoms with Crippen LogP contribution in [0, 0.1) is 0 Å². The SMILES string of the molecule is O=C(CN1C(=O)CSc2ccc(S(=O)(=O)N3CCOCC3)cc21)N1CCc2ccccc2C1. The van der Waals surface area contributed by atoms with Crippen molar-refractivity contribution < 1.29 is 22.7 Å². The summed E-state index contributed by atoms with van der Waals surface area (Å²) in [6, 6.07) is 12.9. The van der Waals surface area contributed by atoms with Gasteiger partial charge in [0.2, 0.25) is 21.8 Å². The molecular weight excluding hydrogens is 462 g/mol. The molecule has 2 amide bonds. The fourth-order valence-electron chi connectivity index (χ4n) is 4.40. The van der Waals surface area contributed by atoms with Crippen LogP contribution in [0.1, 0.15) is 11.1 Å². The summed E-state index contributed by atoms with van der Waals surface area (Å²) in [6.07, 6.45) is 0.782. The van der Waals surface area contributed by atoms with Gasteiger partial charge in [-0.25, -0.2) is 8.42 Å². The van der Waals surface area contributed by atoms with Gasteiger partial charge < -0.3 is 14.5 Å². The number of hydrogen-bond acceptors (Lipinski definition) is 6. The van der Waals surface area contributed by atoms with Crippen molar-refractivity contribution in [2.24, 2.45) is 0 Å². The molecule has 1 fully saturated rings. The van der Waals surface area contributed by atoms with E-state index in [9.17, 15) is 18.0 Å². The molecule has 0 aromatic heterocycles. The van der Waals surface area contributed by atoms with E-state index in [2.05, 4.69) is 6.07 Å². The summed E-state index contributed by atoms with van der Waals surface area (Å²) in [7, 11) is -3.71. The highest BCUT2D eigenvalue weighted by Gasteiger charge is 2.32. The van der Waals surface area contributed by atoms with Gasteiger partial charge in [0, 0.05) is 31.1 Å². The normalized spacial score (nSPS) is 19.2. The zero-order chi connectivity index (χ0) is 23.0. The van der Waals surface area contributed by atoms with Crippen LogP contribution in [0.15, 0.2) is 52.3 Å². The first-order valence-corrected chi connectivity index (χ1v) is 13.4. The predicted molar refractivity (Wildman–Crippen MR) is 125 cm³/mol. The Morgan fingerprint density at radius 1 is 1.03 bits per heavy atom. The summed E-state index contributed by atoms with van der Waals surface area (Å²) in [6.45, 7) is 2.33. The van der Waals surface area contributed by atoms with Crippen molar-refractivity contribution in [2.75, 3.05) is 50.0 Å². The second-order valence-electron chi connectivity index (χ2n) is 8.25. The Hall–Kier alpha value is -2.40. The van der Waals surface area contributed by atoms with Crippen LogP contribution in [-0.4, -0.2) is 74.6 Å². The minimum absolute atomic E-state index is 0.102. The van der Waals surface area contributed by atoms with Gasteiger partial charge in [0.15, 0.2) is 0 Å². The number of amides is 2. The van der Waals surface area contributed by atoms with Crippen molar-refractivity contribution in [3.8, 4) is 0 Å². The number of benzene rings is 2. The second kappa shape index (κ2) is 9.09. The first-order chi connectivity index (χ1) is 15.9. The molecule has 0 unspecified atom stereocenters. The smallest absolute Gasteiger partial charge is 0.243 e. The number of anilines is 1. The Labute approximate surface area is 197 Å². The van der Waals surface area contributed by atoms with Gasteiger partial charge in [0.25, 0.3) is 0 Å². The molecule has 0 aliphatic carbocycles. The highest BCUT2D eigenvalue weighted by molar-refractivity contribution is 8.00. The number of carbonyl (C=O) groups is 2. The summed E-state index contributed by atoms with van der Waals surface area (Å²) >= 11 is 1.36. The molecule has 0 N–H and O–H groups in total. The highest BCUT2D eigenvalue weighted by Crippen LogP contribution is 2.37. The standard InChI is InChI=1S/C23H25N3O5S2/c27-22(24-8-7-17-3-1-2-4-18(17)14-24)15-26-20-13-19(5-6-21(20)32-16-23(26)28)33(29,30)25-9-11-31-12-10-25/h1-6,13H,7-12,14-16H2. The Bertz CT molecular complexity index is 1190. The summed E-state index contributed by atoms with van der Waals surface area (Å²) in [4.78, 5) is 30.1. The maximum atomic E-state index is 13.1. The van der Waals surface area contributed by atoms with Gasteiger partial charge in [-0.1, -0.05) is 24.3 Å². The van der Waals surface area contributed by atoms with Crippen LogP contribution in [-0.2, 0) is 37.3 Å². The average Bonchev–Trinajstić information content (AvgIpc) is 2.85. The Kier molecular flexibility index (Phi) is 6.17. The topological polar surface area (TPSA) is 87.2 Å². The van der Waals surface area contributed by atoms with Crippen LogP contribution < -0.4 is 4.90 Å². The molecule has 0 radical (unpaired) electrons. The number of fused-ring (bicyclic) bond motifs is 2. The number of nitrogens with zero attached hydrogens (tertiary/aromatic N) is 3. The minimum atomic E-state index is -3.71. The van der Waals surface area contributed by atoms with Crippen molar-refractivity contribution in [1.82, 2.24) is 9.21 Å². The zero-order valence-corrected chi connectivity index (χ0v) is 19.7. The van der Waals surface area contributed by atoms with Gasteiger partial charge in [-0.3, -0.25) is 9.59 Å². The summed E-state index contributed by atoms with van der Waals surface area (Å²) in [5, 5.41) is 0. The molecule has 174 valence electrons. The van der Waals surface area contributed by atoms with E-state index < -0.39 is 10.0 Å². The van der Waals surface area contributed by atoms with Gasteiger partial charge in [-0.15, -0.1) is 11.8 Å². The molecule has 0 saturated carbocycles. The van der Waals surface area contributed by atoms with Crippen molar-refractivity contribution in [3.63, 3.8) is 0 Å². The zero-order valence-electron chi connectivity index (χ0n) is 18.1. The van der Waals surface area contributed by atoms with Gasteiger partial charge >= 0.3 is 0 Å². The molecule has 3 heterocycles. The maximum absolute atomic E-state index is 13.1. The number of carbonyl (C=O) groups excluding carboxylic acids is 2. The molecule has 33 heavy (non-hydrogen) atoms. The highest BCUT2D eigenvalue weighted by atomic mass is 32.2. The lowest BCUT2D eigenvalue weighted by atomic mass is 10.00. The van der Waals surface area contributed by atoms with Crippen LogP contribution in [0.5, 0.6) is 0 Å². The van der Waals surface area contributed by atoms with Crippen LogP contribution in [0.2, 0.25) is 0 Å². The molecule has 8 nitrogen and oxygen atoms in total. The fourth-order valence-corrected chi connectivity index (χ4v) is 6.74. The molecular formula is C23H25N3O5S2. The van der Waals surface area contributed by atoms with Crippen LogP contribution in [0.4, 0.5) is 5.69 Å². The van der Waals surface area contributed by atoms with E-state index in [4.69, 9.17) is 4.74 Å². The molecule has 1 saturated heterocycles. The number of morpholine rings is 1. The lowest BCUT2D eigenvalue weighted by Gasteiger charge is -2.33. The van der Waals surface area contributed by atoms with E-state index in [1.54, 1.807) is 17.0 Å². The van der Waals surface area contributed by atoms with E-state index in [1.165, 1.54) is 32.6 Å². The number of hydrogen-bond donors (Lipinski definition) is 0. The van der Waals surface area contributed by atoms with E-state index in [0.717, 1.165) is 16.9 Å². The quantitative estimate of drug-likeness (QED) is 0.653. The molecule has 2 aromatic rings. The van der Waals surface area contributed by atoms with E-state index in [0.29, 0.717) is 45.1 Å². The molecule has 5 rings (SSSR count). The average molecular weight is 488 g/mol. The first kappa shape index (κ1) is 22.4. The summed E-state index contributed by atoms with van der Waals surface area (Å²) < 4.78 is 32.9. The molecule has 0 bridgehead atoms. The predicted octanol–water partition coefficient (Wildman–Crippen LogP) is 1.73. The van der Waals surface area contributed by atoms with Gasteiger partial charge in [0.1, 0.15) is 6.54 Å². The Morgan fingerprint density at radius 3 is 2.58 bits per heavy atom. The van der Waals surface area contributed by atoms with Crippen molar-refractivity contribution in [3.05, 3.63) is 53.6 Å². The largest absolute Gasteiger partial charge is 0.379 e. The summed E-state index contributed by atoms with van der Waals surface area (Å²) in [5.41, 5.74) is 2.85. The van der Waals surface area contributed by atoms with Crippen molar-refractivity contribution in [2.45, 2.75) is 22.8 Å². The molecule has 3 aliphatic heterocycles. The van der Waals surface area contributed by atoms with Gasteiger partial charge in [-0.05, 0) is 35.7 Å². The third-order valence-electron chi connectivity index (χ3n) is 6.26. The lowest BCUT2D eigenvalue weighted by molar-refractivity contribution is -0.132. The fraction of sp³-hybridized carbons (Fsp3) is 0.391. The lowest BCUT2D eigenvalue weighted by Crippen LogP contribution is -2.46. The first-order valence-electron chi connectivity index (χ1n) is 10.9. The maximum Gasteiger partial charge on any atom is 0.243 e. The van der Waals surface area contributed by atoms with Gasteiger partial charge in [-0.2, -0.15) is 4.31 Å². The van der Waals surface area contributed by atoms with Crippen LogP contribution in [0.3, 0.4) is 0 Å². The Morgan fingerprint density at radius 2 is 1.79 bits per heavy atom. The molecule has 0 atom stereocenters. The monoisotopic (exact) mass is 487 g/mol. The van der Waals surface area contributed by atoms with Crippen molar-refractivity contribution in [1.29, 1.82) is 0 Å². The third kappa shape index (κ3) is 4.40. The third-order valence-corrected chi connectivity index (χ3v) is 9.20. The molecule has 2 aromatic carbocycles.